The number of rotatable bonds is 4. The van der Waals surface area contributed by atoms with E-state index in [-0.39, 0.29) is 6.04 Å². The maximum atomic E-state index is 10.5. The van der Waals surface area contributed by atoms with Gasteiger partial charge in [0.05, 0.1) is 5.60 Å². The third-order valence-electron chi connectivity index (χ3n) is 3.68. The van der Waals surface area contributed by atoms with Gasteiger partial charge >= 0.3 is 0 Å². The van der Waals surface area contributed by atoms with Crippen LogP contribution in [0.5, 0.6) is 0 Å². The number of nitrogens with two attached hydrogens (primary N) is 1. The van der Waals surface area contributed by atoms with Crippen LogP contribution in [0.3, 0.4) is 0 Å². The van der Waals surface area contributed by atoms with Crippen LogP contribution >= 0.6 is 11.8 Å². The predicted octanol–water partition coefficient (Wildman–Crippen LogP) is 3.49. The summed E-state index contributed by atoms with van der Waals surface area (Å²) in [7, 11) is 0. The van der Waals surface area contributed by atoms with Crippen LogP contribution in [-0.4, -0.2) is 16.5 Å². The molecule has 1 unspecified atom stereocenters. The Kier molecular flexibility index (Phi) is 4.71. The highest BCUT2D eigenvalue weighted by atomic mass is 32.2. The maximum absolute atomic E-state index is 10.5. The van der Waals surface area contributed by atoms with Gasteiger partial charge in [-0.2, -0.15) is 0 Å². The van der Waals surface area contributed by atoms with E-state index in [0.29, 0.717) is 0 Å². The molecule has 0 amide bonds. The van der Waals surface area contributed by atoms with Crippen LogP contribution in [0.4, 0.5) is 0 Å². The Morgan fingerprint density at radius 1 is 1.33 bits per heavy atom. The Balaban J connectivity index is 1.95. The van der Waals surface area contributed by atoms with Crippen molar-refractivity contribution in [1.29, 1.82) is 0 Å². The molecule has 3 heteroatoms. The van der Waals surface area contributed by atoms with E-state index >= 15 is 0 Å². The van der Waals surface area contributed by atoms with Crippen LogP contribution in [0.1, 0.15) is 50.6 Å². The van der Waals surface area contributed by atoms with Crippen LogP contribution in [-0.2, 0) is 0 Å². The quantitative estimate of drug-likeness (QED) is 0.819. The van der Waals surface area contributed by atoms with Gasteiger partial charge in [0.1, 0.15) is 0 Å². The van der Waals surface area contributed by atoms with Gasteiger partial charge in [0.15, 0.2) is 0 Å². The summed E-state index contributed by atoms with van der Waals surface area (Å²) in [4.78, 5) is 1.21. The average molecular weight is 265 g/mol. The summed E-state index contributed by atoms with van der Waals surface area (Å²) in [5, 5.41) is 10.5. The highest BCUT2D eigenvalue weighted by molar-refractivity contribution is 7.99. The van der Waals surface area contributed by atoms with E-state index in [2.05, 4.69) is 18.2 Å². The summed E-state index contributed by atoms with van der Waals surface area (Å²) in [5.41, 5.74) is 6.60. The topological polar surface area (TPSA) is 46.2 Å². The zero-order chi connectivity index (χ0) is 13.0. The number of thioether (sulfide) groups is 1. The molecule has 1 atom stereocenters. The highest BCUT2D eigenvalue weighted by Crippen LogP contribution is 2.33. The Bertz CT molecular complexity index is 386. The minimum Gasteiger partial charge on any atom is -0.389 e. The van der Waals surface area contributed by atoms with Gasteiger partial charge in [-0.3, -0.25) is 0 Å². The fourth-order valence-electron chi connectivity index (χ4n) is 2.46. The first-order valence-corrected chi connectivity index (χ1v) is 7.78. The fourth-order valence-corrected chi connectivity index (χ4v) is 3.58. The third kappa shape index (κ3) is 3.74. The van der Waals surface area contributed by atoms with Crippen LogP contribution < -0.4 is 5.73 Å². The second kappa shape index (κ2) is 6.09. The first kappa shape index (κ1) is 13.9. The molecule has 100 valence electrons. The van der Waals surface area contributed by atoms with E-state index in [1.54, 1.807) is 11.8 Å². The van der Waals surface area contributed by atoms with E-state index in [4.69, 9.17) is 5.73 Å². The first-order chi connectivity index (χ1) is 8.59. The second-order valence-electron chi connectivity index (χ2n) is 5.43. The lowest BCUT2D eigenvalue weighted by Gasteiger charge is -2.31. The zero-order valence-corrected chi connectivity index (χ0v) is 11.9. The molecule has 2 rings (SSSR count). The molecule has 18 heavy (non-hydrogen) atoms. The zero-order valence-electron chi connectivity index (χ0n) is 11.1. The summed E-state index contributed by atoms with van der Waals surface area (Å²) < 4.78 is 0. The van der Waals surface area contributed by atoms with Crippen LogP contribution in [0, 0.1) is 0 Å². The number of aliphatic hydroxyl groups is 1. The van der Waals surface area contributed by atoms with Crippen molar-refractivity contribution in [3.8, 4) is 0 Å². The first-order valence-electron chi connectivity index (χ1n) is 6.80. The summed E-state index contributed by atoms with van der Waals surface area (Å²) in [6, 6.07) is 8.42. The van der Waals surface area contributed by atoms with Crippen LogP contribution in [0.15, 0.2) is 29.2 Å². The minimum absolute atomic E-state index is 0.0725. The Hall–Kier alpha value is -0.510. The number of hydrogen-bond acceptors (Lipinski definition) is 3. The molecular formula is C15H23NOS. The van der Waals surface area contributed by atoms with Gasteiger partial charge in [0.2, 0.25) is 0 Å². The van der Waals surface area contributed by atoms with E-state index in [1.807, 2.05) is 13.0 Å². The maximum Gasteiger partial charge on any atom is 0.0741 e. The number of hydrogen-bond donors (Lipinski definition) is 2. The standard InChI is InChI=1S/C15H23NOS/c1-12(16)13-6-5-7-14(10-13)18-11-15(17)8-3-2-4-9-15/h5-7,10,12,17H,2-4,8-9,11,16H2,1H3. The molecular weight excluding hydrogens is 242 g/mol. The van der Waals surface area contributed by atoms with Gasteiger partial charge < -0.3 is 10.8 Å². The smallest absolute Gasteiger partial charge is 0.0741 e. The van der Waals surface area contributed by atoms with Crippen molar-refractivity contribution in [3.63, 3.8) is 0 Å². The van der Waals surface area contributed by atoms with Gasteiger partial charge in [-0.15, -0.1) is 11.8 Å². The highest BCUT2D eigenvalue weighted by Gasteiger charge is 2.28. The summed E-state index contributed by atoms with van der Waals surface area (Å²) >= 11 is 1.75. The molecule has 0 radical (unpaired) electrons. The van der Waals surface area contributed by atoms with Gasteiger partial charge in [-0.25, -0.2) is 0 Å². The van der Waals surface area contributed by atoms with Crippen molar-refractivity contribution in [3.05, 3.63) is 29.8 Å². The molecule has 0 heterocycles. The van der Waals surface area contributed by atoms with E-state index in [1.165, 1.54) is 11.3 Å². The largest absolute Gasteiger partial charge is 0.389 e. The lowest BCUT2D eigenvalue weighted by atomic mass is 9.86. The Labute approximate surface area is 114 Å². The number of benzene rings is 1. The van der Waals surface area contributed by atoms with Crippen molar-refractivity contribution >= 4 is 11.8 Å². The van der Waals surface area contributed by atoms with Gasteiger partial charge in [-0.05, 0) is 37.5 Å². The molecule has 1 saturated carbocycles. The Morgan fingerprint density at radius 2 is 2.06 bits per heavy atom. The van der Waals surface area contributed by atoms with E-state index in [0.717, 1.165) is 37.0 Å². The molecule has 1 aromatic carbocycles. The molecule has 0 aromatic heterocycles. The second-order valence-corrected chi connectivity index (χ2v) is 6.48. The molecule has 1 aliphatic carbocycles. The third-order valence-corrected chi connectivity index (χ3v) is 4.94. The molecule has 1 aliphatic rings. The van der Waals surface area contributed by atoms with Gasteiger partial charge in [-0.1, -0.05) is 31.4 Å². The molecule has 0 bridgehead atoms. The van der Waals surface area contributed by atoms with Crippen LogP contribution in [0.25, 0.3) is 0 Å². The molecule has 1 fully saturated rings. The van der Waals surface area contributed by atoms with Gasteiger partial charge in [0, 0.05) is 16.7 Å². The van der Waals surface area contributed by atoms with E-state index < -0.39 is 5.60 Å². The summed E-state index contributed by atoms with van der Waals surface area (Å²) in [6.45, 7) is 2.00. The predicted molar refractivity (Wildman–Crippen MR) is 77.8 cm³/mol. The van der Waals surface area contributed by atoms with Crippen molar-refractivity contribution in [1.82, 2.24) is 0 Å². The average Bonchev–Trinajstić information content (AvgIpc) is 2.38. The minimum atomic E-state index is -0.451. The molecule has 0 spiro atoms. The molecule has 2 nitrogen and oxygen atoms in total. The van der Waals surface area contributed by atoms with Crippen LogP contribution in [0.2, 0.25) is 0 Å². The molecule has 0 aliphatic heterocycles. The van der Waals surface area contributed by atoms with Crippen molar-refractivity contribution in [2.24, 2.45) is 5.73 Å². The molecule has 3 N–H and O–H groups in total. The normalized spacial score (nSPS) is 20.6. The summed E-state index contributed by atoms with van der Waals surface area (Å²) in [5.74, 6) is 0.801. The van der Waals surface area contributed by atoms with Crippen molar-refractivity contribution in [2.45, 2.75) is 55.6 Å². The summed E-state index contributed by atoms with van der Waals surface area (Å²) in [6.07, 6.45) is 5.50. The monoisotopic (exact) mass is 265 g/mol. The molecule has 1 aromatic rings. The molecule has 0 saturated heterocycles. The van der Waals surface area contributed by atoms with Crippen molar-refractivity contribution in [2.75, 3.05) is 5.75 Å². The Morgan fingerprint density at radius 3 is 2.72 bits per heavy atom. The van der Waals surface area contributed by atoms with Gasteiger partial charge in [0.25, 0.3) is 0 Å². The SMILES string of the molecule is CC(N)c1cccc(SCC2(O)CCCCC2)c1. The van der Waals surface area contributed by atoms with E-state index in [9.17, 15) is 5.11 Å². The lowest BCUT2D eigenvalue weighted by Crippen LogP contribution is -2.33. The van der Waals surface area contributed by atoms with Crippen molar-refractivity contribution < 1.29 is 5.11 Å². The lowest BCUT2D eigenvalue weighted by molar-refractivity contribution is 0.0273. The fraction of sp³-hybridized carbons (Fsp3) is 0.600.